The SMILES string of the molecule is C=CC(=O)NC(C)CCOCC. The number of carbonyl (C=O) groups excluding carboxylic acids is 1. The zero-order valence-corrected chi connectivity index (χ0v) is 7.80. The van der Waals surface area contributed by atoms with Crippen LogP contribution in [0.25, 0.3) is 0 Å². The van der Waals surface area contributed by atoms with E-state index in [0.717, 1.165) is 13.0 Å². The Bertz CT molecular complexity index is 145. The lowest BCUT2D eigenvalue weighted by Gasteiger charge is -2.11. The van der Waals surface area contributed by atoms with Gasteiger partial charge < -0.3 is 10.1 Å². The lowest BCUT2D eigenvalue weighted by atomic mass is 10.2. The molecule has 0 aromatic rings. The Labute approximate surface area is 73.8 Å². The monoisotopic (exact) mass is 171 g/mol. The fourth-order valence-corrected chi connectivity index (χ4v) is 0.778. The molecule has 0 bridgehead atoms. The maximum absolute atomic E-state index is 10.8. The van der Waals surface area contributed by atoms with Crippen LogP contribution in [-0.4, -0.2) is 25.2 Å². The fourth-order valence-electron chi connectivity index (χ4n) is 0.778. The lowest BCUT2D eigenvalue weighted by Crippen LogP contribution is -2.31. The Morgan fingerprint density at radius 2 is 2.42 bits per heavy atom. The molecule has 0 aliphatic heterocycles. The summed E-state index contributed by atoms with van der Waals surface area (Å²) in [6.45, 7) is 8.68. The Morgan fingerprint density at radius 1 is 1.75 bits per heavy atom. The largest absolute Gasteiger partial charge is 0.382 e. The number of hydrogen-bond acceptors (Lipinski definition) is 2. The van der Waals surface area contributed by atoms with Crippen LogP contribution in [0.3, 0.4) is 0 Å². The van der Waals surface area contributed by atoms with E-state index in [-0.39, 0.29) is 11.9 Å². The summed E-state index contributed by atoms with van der Waals surface area (Å²) < 4.78 is 5.14. The molecular weight excluding hydrogens is 154 g/mol. The molecular formula is C9H17NO2. The van der Waals surface area contributed by atoms with Crippen LogP contribution in [0, 0.1) is 0 Å². The van der Waals surface area contributed by atoms with Crippen molar-refractivity contribution >= 4 is 5.91 Å². The van der Waals surface area contributed by atoms with Gasteiger partial charge in [-0.2, -0.15) is 0 Å². The second-order valence-corrected chi connectivity index (χ2v) is 2.60. The average Bonchev–Trinajstić information content (AvgIpc) is 2.05. The van der Waals surface area contributed by atoms with Crippen molar-refractivity contribution in [2.75, 3.05) is 13.2 Å². The molecule has 3 nitrogen and oxygen atoms in total. The first kappa shape index (κ1) is 11.2. The molecule has 1 N–H and O–H groups in total. The van der Waals surface area contributed by atoms with Gasteiger partial charge in [0.25, 0.3) is 0 Å². The van der Waals surface area contributed by atoms with Crippen LogP contribution in [0.4, 0.5) is 0 Å². The van der Waals surface area contributed by atoms with Crippen molar-refractivity contribution in [3.8, 4) is 0 Å². The van der Waals surface area contributed by atoms with Crippen molar-refractivity contribution in [2.24, 2.45) is 0 Å². The molecule has 1 unspecified atom stereocenters. The fraction of sp³-hybridized carbons (Fsp3) is 0.667. The van der Waals surface area contributed by atoms with Crippen LogP contribution in [0.5, 0.6) is 0 Å². The molecule has 70 valence electrons. The van der Waals surface area contributed by atoms with E-state index in [4.69, 9.17) is 4.74 Å². The summed E-state index contributed by atoms with van der Waals surface area (Å²) in [4.78, 5) is 10.8. The van der Waals surface area contributed by atoms with Crippen LogP contribution < -0.4 is 5.32 Å². The Hall–Kier alpha value is -0.830. The summed E-state index contributed by atoms with van der Waals surface area (Å²) in [5.74, 6) is -0.126. The number of carbonyl (C=O) groups is 1. The molecule has 0 fully saturated rings. The molecule has 0 aromatic carbocycles. The predicted molar refractivity (Wildman–Crippen MR) is 48.9 cm³/mol. The highest BCUT2D eigenvalue weighted by Gasteiger charge is 2.02. The third kappa shape index (κ3) is 5.92. The van der Waals surface area contributed by atoms with E-state index in [9.17, 15) is 4.79 Å². The molecule has 0 heterocycles. The second kappa shape index (κ2) is 6.85. The predicted octanol–water partition coefficient (Wildman–Crippen LogP) is 1.10. The normalized spacial score (nSPS) is 12.2. The van der Waals surface area contributed by atoms with Gasteiger partial charge in [0.1, 0.15) is 0 Å². The van der Waals surface area contributed by atoms with E-state index in [1.165, 1.54) is 6.08 Å². The molecule has 0 saturated carbocycles. The van der Waals surface area contributed by atoms with E-state index < -0.39 is 0 Å². The highest BCUT2D eigenvalue weighted by atomic mass is 16.5. The quantitative estimate of drug-likeness (QED) is 0.480. The molecule has 0 rings (SSSR count). The van der Waals surface area contributed by atoms with Gasteiger partial charge in [0.15, 0.2) is 0 Å². The first-order valence-corrected chi connectivity index (χ1v) is 4.21. The summed E-state index contributed by atoms with van der Waals surface area (Å²) in [5.41, 5.74) is 0. The summed E-state index contributed by atoms with van der Waals surface area (Å²) in [6, 6.07) is 0.155. The van der Waals surface area contributed by atoms with Gasteiger partial charge in [-0.1, -0.05) is 6.58 Å². The molecule has 1 amide bonds. The molecule has 0 aliphatic carbocycles. The molecule has 1 atom stereocenters. The zero-order valence-electron chi connectivity index (χ0n) is 7.80. The second-order valence-electron chi connectivity index (χ2n) is 2.60. The molecule has 0 saturated heterocycles. The van der Waals surface area contributed by atoms with Crippen molar-refractivity contribution in [3.63, 3.8) is 0 Å². The maximum atomic E-state index is 10.8. The van der Waals surface area contributed by atoms with Gasteiger partial charge in [-0.05, 0) is 26.3 Å². The van der Waals surface area contributed by atoms with Crippen LogP contribution in [0.2, 0.25) is 0 Å². The molecule has 12 heavy (non-hydrogen) atoms. The van der Waals surface area contributed by atoms with Crippen molar-refractivity contribution in [3.05, 3.63) is 12.7 Å². The minimum absolute atomic E-state index is 0.126. The third-order valence-corrected chi connectivity index (χ3v) is 1.47. The summed E-state index contributed by atoms with van der Waals surface area (Å²) in [5, 5.41) is 2.75. The summed E-state index contributed by atoms with van der Waals surface area (Å²) >= 11 is 0. The van der Waals surface area contributed by atoms with E-state index >= 15 is 0 Å². The zero-order chi connectivity index (χ0) is 9.40. The standard InChI is InChI=1S/C9H17NO2/c1-4-9(11)10-8(3)6-7-12-5-2/h4,8H,1,5-7H2,2-3H3,(H,10,11). The first-order chi connectivity index (χ1) is 5.70. The van der Waals surface area contributed by atoms with Gasteiger partial charge in [0.2, 0.25) is 5.91 Å². The highest BCUT2D eigenvalue weighted by Crippen LogP contribution is 1.91. The van der Waals surface area contributed by atoms with Crippen LogP contribution in [-0.2, 0) is 9.53 Å². The smallest absolute Gasteiger partial charge is 0.243 e. The van der Waals surface area contributed by atoms with Gasteiger partial charge in [-0.25, -0.2) is 0 Å². The van der Waals surface area contributed by atoms with E-state index in [0.29, 0.717) is 6.61 Å². The third-order valence-electron chi connectivity index (χ3n) is 1.47. The highest BCUT2D eigenvalue weighted by molar-refractivity contribution is 5.87. The minimum Gasteiger partial charge on any atom is -0.382 e. The van der Waals surface area contributed by atoms with Gasteiger partial charge >= 0.3 is 0 Å². The van der Waals surface area contributed by atoms with E-state index in [1.54, 1.807) is 0 Å². The number of hydrogen-bond donors (Lipinski definition) is 1. The number of rotatable bonds is 6. The van der Waals surface area contributed by atoms with Gasteiger partial charge in [-0.3, -0.25) is 4.79 Å². The van der Waals surface area contributed by atoms with Crippen LogP contribution >= 0.6 is 0 Å². The van der Waals surface area contributed by atoms with Crippen molar-refractivity contribution < 1.29 is 9.53 Å². The van der Waals surface area contributed by atoms with Crippen molar-refractivity contribution in [2.45, 2.75) is 26.3 Å². The Kier molecular flexibility index (Phi) is 6.38. The molecule has 0 radical (unpaired) electrons. The van der Waals surface area contributed by atoms with E-state index in [1.807, 2.05) is 13.8 Å². The lowest BCUT2D eigenvalue weighted by molar-refractivity contribution is -0.117. The average molecular weight is 171 g/mol. The van der Waals surface area contributed by atoms with Gasteiger partial charge in [0.05, 0.1) is 0 Å². The molecule has 0 aliphatic rings. The number of ether oxygens (including phenoxy) is 1. The molecule has 3 heteroatoms. The number of amides is 1. The van der Waals surface area contributed by atoms with E-state index in [2.05, 4.69) is 11.9 Å². The molecule has 0 aromatic heterocycles. The summed E-state index contributed by atoms with van der Waals surface area (Å²) in [7, 11) is 0. The Balaban J connectivity index is 3.38. The number of nitrogens with one attached hydrogen (secondary N) is 1. The first-order valence-electron chi connectivity index (χ1n) is 4.21. The van der Waals surface area contributed by atoms with Crippen LogP contribution in [0.15, 0.2) is 12.7 Å². The van der Waals surface area contributed by atoms with Gasteiger partial charge in [-0.15, -0.1) is 0 Å². The minimum atomic E-state index is -0.126. The van der Waals surface area contributed by atoms with Crippen LogP contribution in [0.1, 0.15) is 20.3 Å². The van der Waals surface area contributed by atoms with Crippen molar-refractivity contribution in [1.82, 2.24) is 5.32 Å². The van der Waals surface area contributed by atoms with Gasteiger partial charge in [0, 0.05) is 19.3 Å². The molecule has 0 spiro atoms. The topological polar surface area (TPSA) is 38.3 Å². The Morgan fingerprint density at radius 3 is 2.92 bits per heavy atom. The summed E-state index contributed by atoms with van der Waals surface area (Å²) in [6.07, 6.45) is 2.12. The maximum Gasteiger partial charge on any atom is 0.243 e. The van der Waals surface area contributed by atoms with Crippen molar-refractivity contribution in [1.29, 1.82) is 0 Å².